The van der Waals surface area contributed by atoms with Crippen LogP contribution in [0.4, 0.5) is 0 Å². The molecule has 0 fully saturated rings. The average molecular weight is 306 g/mol. The lowest BCUT2D eigenvalue weighted by atomic mass is 10.1. The number of rotatable bonds is 2. The van der Waals surface area contributed by atoms with Crippen molar-refractivity contribution in [3.63, 3.8) is 0 Å². The van der Waals surface area contributed by atoms with Crippen molar-refractivity contribution in [1.29, 1.82) is 0 Å². The zero-order valence-corrected chi connectivity index (χ0v) is 13.2. The Hall–Kier alpha value is -2.01. The van der Waals surface area contributed by atoms with Crippen LogP contribution in [0.25, 0.3) is 0 Å². The predicted octanol–water partition coefficient (Wildman–Crippen LogP) is 3.16. The SMILES string of the molecule is Cc1ccc(S(=O)(=O)c2ccc(C)c(C)c2O)c(O)c1C. The summed E-state index contributed by atoms with van der Waals surface area (Å²) in [6.07, 6.45) is 0. The van der Waals surface area contributed by atoms with Gasteiger partial charge in [-0.25, -0.2) is 8.42 Å². The molecule has 0 aromatic heterocycles. The smallest absolute Gasteiger partial charge is 0.213 e. The van der Waals surface area contributed by atoms with Crippen molar-refractivity contribution in [2.24, 2.45) is 0 Å². The maximum Gasteiger partial charge on any atom is 0.213 e. The summed E-state index contributed by atoms with van der Waals surface area (Å²) < 4.78 is 25.4. The number of hydrogen-bond donors (Lipinski definition) is 2. The van der Waals surface area contributed by atoms with Crippen LogP contribution in [0, 0.1) is 27.7 Å². The van der Waals surface area contributed by atoms with Crippen LogP contribution in [-0.4, -0.2) is 18.6 Å². The molecular weight excluding hydrogens is 288 g/mol. The highest BCUT2D eigenvalue weighted by Gasteiger charge is 2.26. The number of aromatic hydroxyl groups is 2. The lowest BCUT2D eigenvalue weighted by molar-refractivity contribution is 0.448. The Morgan fingerprint density at radius 2 is 1.05 bits per heavy atom. The van der Waals surface area contributed by atoms with Gasteiger partial charge in [0.05, 0.1) is 0 Å². The Balaban J connectivity index is 2.75. The summed E-state index contributed by atoms with van der Waals surface area (Å²) >= 11 is 0. The zero-order chi connectivity index (χ0) is 15.9. The van der Waals surface area contributed by atoms with Crippen LogP contribution in [-0.2, 0) is 9.84 Å². The van der Waals surface area contributed by atoms with E-state index in [0.29, 0.717) is 11.1 Å². The molecule has 2 rings (SSSR count). The quantitative estimate of drug-likeness (QED) is 0.893. The van der Waals surface area contributed by atoms with Crippen LogP contribution in [0.3, 0.4) is 0 Å². The van der Waals surface area contributed by atoms with E-state index in [0.717, 1.165) is 11.1 Å². The van der Waals surface area contributed by atoms with Gasteiger partial charge in [-0.3, -0.25) is 0 Å². The van der Waals surface area contributed by atoms with E-state index in [1.165, 1.54) is 12.1 Å². The summed E-state index contributed by atoms with van der Waals surface area (Å²) in [5, 5.41) is 20.3. The van der Waals surface area contributed by atoms with Crippen LogP contribution < -0.4 is 0 Å². The summed E-state index contributed by atoms with van der Waals surface area (Å²) in [5.41, 5.74) is 2.63. The van der Waals surface area contributed by atoms with E-state index in [2.05, 4.69) is 0 Å². The molecule has 2 N–H and O–H groups in total. The van der Waals surface area contributed by atoms with E-state index in [1.54, 1.807) is 39.8 Å². The second-order valence-corrected chi connectivity index (χ2v) is 7.10. The molecule has 0 aliphatic rings. The minimum Gasteiger partial charge on any atom is -0.506 e. The van der Waals surface area contributed by atoms with E-state index >= 15 is 0 Å². The fourth-order valence-electron chi connectivity index (χ4n) is 2.10. The molecule has 2 aromatic carbocycles. The van der Waals surface area contributed by atoms with Crippen molar-refractivity contribution < 1.29 is 18.6 Å². The van der Waals surface area contributed by atoms with Crippen molar-refractivity contribution >= 4 is 9.84 Å². The van der Waals surface area contributed by atoms with Gasteiger partial charge in [0.15, 0.2) is 0 Å². The molecule has 0 amide bonds. The molecule has 4 nitrogen and oxygen atoms in total. The molecule has 0 radical (unpaired) electrons. The number of hydrogen-bond acceptors (Lipinski definition) is 4. The van der Waals surface area contributed by atoms with Gasteiger partial charge in [-0.15, -0.1) is 0 Å². The van der Waals surface area contributed by atoms with Crippen LogP contribution in [0.2, 0.25) is 0 Å². The largest absolute Gasteiger partial charge is 0.506 e. The lowest BCUT2D eigenvalue weighted by Gasteiger charge is -2.13. The Morgan fingerprint density at radius 3 is 1.38 bits per heavy atom. The summed E-state index contributed by atoms with van der Waals surface area (Å²) in [6, 6.07) is 6.00. The number of benzene rings is 2. The standard InChI is InChI=1S/C16H18O4S/c1-9-5-7-13(15(17)11(9)3)21(19,20)14-8-6-10(2)12(4)16(14)18/h5-8,17-18H,1-4H3. The molecule has 0 heterocycles. The molecule has 21 heavy (non-hydrogen) atoms. The van der Waals surface area contributed by atoms with Gasteiger partial charge in [-0.05, 0) is 62.1 Å². The molecule has 0 spiro atoms. The van der Waals surface area contributed by atoms with Gasteiger partial charge >= 0.3 is 0 Å². The third-order valence-corrected chi connectivity index (χ3v) is 5.73. The third-order valence-electron chi connectivity index (χ3n) is 3.91. The van der Waals surface area contributed by atoms with Gasteiger partial charge < -0.3 is 10.2 Å². The van der Waals surface area contributed by atoms with Crippen molar-refractivity contribution in [3.05, 3.63) is 46.5 Å². The van der Waals surface area contributed by atoms with E-state index in [1.807, 2.05) is 0 Å². The summed E-state index contributed by atoms with van der Waals surface area (Å²) in [7, 11) is -3.98. The highest BCUT2D eigenvalue weighted by Crippen LogP contribution is 2.37. The van der Waals surface area contributed by atoms with Crippen molar-refractivity contribution in [3.8, 4) is 11.5 Å². The molecule has 112 valence electrons. The fraction of sp³-hybridized carbons (Fsp3) is 0.250. The minimum absolute atomic E-state index is 0.191. The molecule has 2 aromatic rings. The van der Waals surface area contributed by atoms with Gasteiger partial charge in [0.1, 0.15) is 21.3 Å². The molecule has 0 unspecified atom stereocenters. The van der Waals surface area contributed by atoms with Crippen molar-refractivity contribution in [2.45, 2.75) is 37.5 Å². The fourth-order valence-corrected chi connectivity index (χ4v) is 3.65. The summed E-state index contributed by atoms with van der Waals surface area (Å²) in [5.74, 6) is -0.541. The Morgan fingerprint density at radius 1 is 0.714 bits per heavy atom. The molecule has 0 aliphatic carbocycles. The predicted molar refractivity (Wildman–Crippen MR) is 80.6 cm³/mol. The second-order valence-electron chi connectivity index (χ2n) is 5.21. The number of sulfone groups is 1. The minimum atomic E-state index is -3.98. The highest BCUT2D eigenvalue weighted by atomic mass is 32.2. The van der Waals surface area contributed by atoms with Gasteiger partial charge in [-0.2, -0.15) is 0 Å². The maximum atomic E-state index is 12.7. The molecule has 0 saturated heterocycles. The molecule has 5 heteroatoms. The van der Waals surface area contributed by atoms with Gasteiger partial charge in [-0.1, -0.05) is 12.1 Å². The van der Waals surface area contributed by atoms with E-state index < -0.39 is 9.84 Å². The maximum absolute atomic E-state index is 12.7. The first kappa shape index (κ1) is 15.4. The third kappa shape index (κ3) is 2.38. The number of aryl methyl sites for hydroxylation is 2. The van der Waals surface area contributed by atoms with Crippen LogP contribution >= 0.6 is 0 Å². The van der Waals surface area contributed by atoms with Crippen LogP contribution in [0.1, 0.15) is 22.3 Å². The van der Waals surface area contributed by atoms with Crippen LogP contribution in [0.5, 0.6) is 11.5 Å². The highest BCUT2D eigenvalue weighted by molar-refractivity contribution is 7.91. The van der Waals surface area contributed by atoms with E-state index in [4.69, 9.17) is 0 Å². The van der Waals surface area contributed by atoms with E-state index in [9.17, 15) is 18.6 Å². The first-order valence-corrected chi connectivity index (χ1v) is 7.99. The van der Waals surface area contributed by atoms with Gasteiger partial charge in [0.2, 0.25) is 9.84 Å². The molecule has 0 bridgehead atoms. The number of phenolic OH excluding ortho intramolecular Hbond substituents is 2. The summed E-state index contributed by atoms with van der Waals surface area (Å²) in [6.45, 7) is 6.89. The van der Waals surface area contributed by atoms with Crippen molar-refractivity contribution in [1.82, 2.24) is 0 Å². The van der Waals surface area contributed by atoms with Gasteiger partial charge in [0, 0.05) is 0 Å². The topological polar surface area (TPSA) is 74.6 Å². The summed E-state index contributed by atoms with van der Waals surface area (Å²) in [4.78, 5) is -0.381. The zero-order valence-electron chi connectivity index (χ0n) is 12.4. The lowest BCUT2D eigenvalue weighted by Crippen LogP contribution is -2.05. The second kappa shape index (κ2) is 5.07. The molecular formula is C16H18O4S. The van der Waals surface area contributed by atoms with E-state index in [-0.39, 0.29) is 21.3 Å². The Labute approximate surface area is 124 Å². The van der Waals surface area contributed by atoms with Crippen LogP contribution in [0.15, 0.2) is 34.1 Å². The molecule has 0 atom stereocenters. The first-order valence-electron chi connectivity index (χ1n) is 6.51. The normalized spacial score (nSPS) is 11.6. The number of phenols is 2. The van der Waals surface area contributed by atoms with Gasteiger partial charge in [0.25, 0.3) is 0 Å². The Bertz CT molecular complexity index is 757. The average Bonchev–Trinajstić information content (AvgIpc) is 2.41. The molecule has 0 aliphatic heterocycles. The first-order chi connectivity index (χ1) is 9.67. The van der Waals surface area contributed by atoms with Crippen molar-refractivity contribution in [2.75, 3.05) is 0 Å². The Kier molecular flexibility index (Phi) is 3.72. The monoisotopic (exact) mass is 306 g/mol. The molecule has 0 saturated carbocycles.